The van der Waals surface area contributed by atoms with Gasteiger partial charge in [0, 0.05) is 9.89 Å². The molecule has 21 heavy (non-hydrogen) atoms. The molecule has 4 heteroatoms. The lowest BCUT2D eigenvalue weighted by Crippen LogP contribution is -2.32. The molecule has 0 aromatic heterocycles. The summed E-state index contributed by atoms with van der Waals surface area (Å²) in [6.07, 6.45) is 3.35. The topological polar surface area (TPSA) is 38.7 Å². The van der Waals surface area contributed by atoms with Crippen LogP contribution in [0.25, 0.3) is 0 Å². The van der Waals surface area contributed by atoms with Gasteiger partial charge in [-0.1, -0.05) is 41.9 Å². The van der Waals surface area contributed by atoms with E-state index in [2.05, 4.69) is 41.9 Å². The van der Waals surface area contributed by atoms with Crippen LogP contribution in [0.4, 0.5) is 0 Å². The minimum atomic E-state index is -0.390. The van der Waals surface area contributed by atoms with Gasteiger partial charge >= 0.3 is 5.97 Å². The van der Waals surface area contributed by atoms with E-state index in [1.807, 2.05) is 12.1 Å². The number of nitrogens with zero attached hydrogens (tertiary/aromatic N) is 1. The van der Waals surface area contributed by atoms with E-state index in [1.165, 1.54) is 6.42 Å². The fourth-order valence-electron chi connectivity index (χ4n) is 3.80. The van der Waals surface area contributed by atoms with Gasteiger partial charge in [-0.25, -0.2) is 4.79 Å². The fourth-order valence-corrected chi connectivity index (χ4v) is 4.07. The van der Waals surface area contributed by atoms with Crippen LogP contribution in [0, 0.1) is 16.7 Å². The number of carbonyl (C=O) groups excluding carboxylic acids is 1. The van der Waals surface area contributed by atoms with Crippen LogP contribution >= 0.6 is 15.9 Å². The molecule has 2 bridgehead atoms. The zero-order valence-corrected chi connectivity index (χ0v) is 14.2. The van der Waals surface area contributed by atoms with Crippen molar-refractivity contribution >= 4 is 27.6 Å². The molecule has 0 radical (unpaired) electrons. The van der Waals surface area contributed by atoms with Gasteiger partial charge in [-0.2, -0.15) is 0 Å². The Hall–Kier alpha value is -1.16. The van der Waals surface area contributed by atoms with E-state index in [9.17, 15) is 4.79 Å². The molecule has 2 atom stereocenters. The molecule has 0 aliphatic heterocycles. The lowest BCUT2D eigenvalue weighted by atomic mass is 9.70. The summed E-state index contributed by atoms with van der Waals surface area (Å²) >= 11 is 3.35. The summed E-state index contributed by atoms with van der Waals surface area (Å²) in [6.45, 7) is 6.87. The number of hydrogen-bond donors (Lipinski definition) is 0. The number of rotatable bonds is 2. The number of halogens is 1. The molecule has 0 N–H and O–H groups in total. The summed E-state index contributed by atoms with van der Waals surface area (Å²) in [5.74, 6) is 0.270. The van der Waals surface area contributed by atoms with Crippen molar-refractivity contribution in [3.05, 3.63) is 34.3 Å². The highest BCUT2D eigenvalue weighted by molar-refractivity contribution is 9.10. The first-order chi connectivity index (χ1) is 9.84. The molecule has 2 aliphatic rings. The Kier molecular flexibility index (Phi) is 3.47. The Morgan fingerprint density at radius 1 is 1.29 bits per heavy atom. The van der Waals surface area contributed by atoms with E-state index < -0.39 is 0 Å². The summed E-state index contributed by atoms with van der Waals surface area (Å²) in [5, 5.41) is 4.23. The second kappa shape index (κ2) is 4.94. The van der Waals surface area contributed by atoms with Crippen molar-refractivity contribution in [3.63, 3.8) is 0 Å². The fraction of sp³-hybridized carbons (Fsp3) is 0.529. The highest BCUT2D eigenvalue weighted by atomic mass is 79.9. The number of benzene rings is 1. The quantitative estimate of drug-likeness (QED) is 0.567. The van der Waals surface area contributed by atoms with Gasteiger partial charge in [0.25, 0.3) is 0 Å². The van der Waals surface area contributed by atoms with Gasteiger partial charge in [0.2, 0.25) is 0 Å². The second-order valence-corrected chi connectivity index (χ2v) is 7.83. The Morgan fingerprint density at radius 3 is 2.48 bits per heavy atom. The van der Waals surface area contributed by atoms with E-state index >= 15 is 0 Å². The van der Waals surface area contributed by atoms with Gasteiger partial charge in [0.1, 0.15) is 0 Å². The third-order valence-corrected chi connectivity index (χ3v) is 6.36. The zero-order valence-electron chi connectivity index (χ0n) is 12.6. The maximum Gasteiger partial charge on any atom is 0.365 e. The number of fused-ring (bicyclic) bond motifs is 2. The highest BCUT2D eigenvalue weighted by Gasteiger charge is 2.60. The van der Waals surface area contributed by atoms with E-state index in [4.69, 9.17) is 4.84 Å². The molecule has 0 heterocycles. The molecule has 2 aliphatic carbocycles. The average Bonchev–Trinajstić information content (AvgIpc) is 2.78. The Balaban J connectivity index is 1.76. The summed E-state index contributed by atoms with van der Waals surface area (Å²) in [6, 6.07) is 7.12. The Labute approximate surface area is 133 Å². The lowest BCUT2D eigenvalue weighted by Gasteiger charge is -2.34. The van der Waals surface area contributed by atoms with Crippen LogP contribution in [0.2, 0.25) is 0 Å². The van der Waals surface area contributed by atoms with Crippen LogP contribution in [0.15, 0.2) is 33.9 Å². The standard InChI is InChI=1S/C17H20BrNO2/c1-16(2)12-8-9-17(16,3)14(10-12)19-21-15(20)11-4-6-13(18)7-5-11/h4-7,12H,8-10H2,1-3H3/b19-14-/t12-,17-/m0/s1. The first-order valence-corrected chi connectivity index (χ1v) is 8.18. The van der Waals surface area contributed by atoms with Crippen LogP contribution in [-0.4, -0.2) is 11.7 Å². The van der Waals surface area contributed by atoms with Crippen molar-refractivity contribution in [3.8, 4) is 0 Å². The maximum absolute atomic E-state index is 12.0. The van der Waals surface area contributed by atoms with Crippen molar-refractivity contribution in [1.29, 1.82) is 0 Å². The van der Waals surface area contributed by atoms with Crippen molar-refractivity contribution in [2.45, 2.75) is 40.0 Å². The van der Waals surface area contributed by atoms with E-state index in [0.29, 0.717) is 11.5 Å². The molecule has 2 fully saturated rings. The number of carbonyl (C=O) groups is 1. The van der Waals surface area contributed by atoms with Gasteiger partial charge in [-0.05, 0) is 54.9 Å². The largest absolute Gasteiger partial charge is 0.365 e. The minimum Gasteiger partial charge on any atom is -0.313 e. The Morgan fingerprint density at radius 2 is 1.95 bits per heavy atom. The summed E-state index contributed by atoms with van der Waals surface area (Å²) in [5.41, 5.74) is 1.89. The highest BCUT2D eigenvalue weighted by Crippen LogP contribution is 2.63. The van der Waals surface area contributed by atoms with Gasteiger partial charge in [-0.15, -0.1) is 0 Å². The summed E-state index contributed by atoms with van der Waals surface area (Å²) in [7, 11) is 0. The predicted molar refractivity (Wildman–Crippen MR) is 86.2 cm³/mol. The van der Waals surface area contributed by atoms with Gasteiger partial charge in [0.15, 0.2) is 0 Å². The van der Waals surface area contributed by atoms with Crippen LogP contribution in [0.3, 0.4) is 0 Å². The number of oxime groups is 1. The van der Waals surface area contributed by atoms with Crippen molar-refractivity contribution in [2.75, 3.05) is 0 Å². The van der Waals surface area contributed by atoms with E-state index in [0.717, 1.165) is 23.0 Å². The molecule has 0 spiro atoms. The minimum absolute atomic E-state index is 0.0671. The first kappa shape index (κ1) is 14.8. The van der Waals surface area contributed by atoms with E-state index in [1.54, 1.807) is 12.1 Å². The van der Waals surface area contributed by atoms with Gasteiger partial charge < -0.3 is 4.84 Å². The first-order valence-electron chi connectivity index (χ1n) is 7.39. The summed E-state index contributed by atoms with van der Waals surface area (Å²) in [4.78, 5) is 17.2. The maximum atomic E-state index is 12.0. The molecule has 0 unspecified atom stereocenters. The van der Waals surface area contributed by atoms with Gasteiger partial charge in [-0.3, -0.25) is 0 Å². The molecule has 2 saturated carbocycles. The van der Waals surface area contributed by atoms with Gasteiger partial charge in [0.05, 0.1) is 11.3 Å². The number of hydrogen-bond acceptors (Lipinski definition) is 3. The van der Waals surface area contributed by atoms with Crippen molar-refractivity contribution in [1.82, 2.24) is 0 Å². The smallest absolute Gasteiger partial charge is 0.313 e. The van der Waals surface area contributed by atoms with Crippen molar-refractivity contribution < 1.29 is 9.63 Å². The molecule has 3 nitrogen and oxygen atoms in total. The SMILES string of the molecule is CC1(C)[C@H]2CC[C@@]1(C)/C(=N\OC(=O)c1ccc(Br)cc1)C2. The van der Waals surface area contributed by atoms with Crippen LogP contribution < -0.4 is 0 Å². The predicted octanol–water partition coefficient (Wildman–Crippen LogP) is 4.81. The lowest BCUT2D eigenvalue weighted by molar-refractivity contribution is 0.0508. The van der Waals surface area contributed by atoms with Crippen LogP contribution in [0.5, 0.6) is 0 Å². The van der Waals surface area contributed by atoms with Crippen LogP contribution in [0.1, 0.15) is 50.4 Å². The molecule has 1 aromatic rings. The molecule has 1 aromatic carbocycles. The molecule has 112 valence electrons. The zero-order chi connectivity index (χ0) is 15.3. The molecule has 0 saturated heterocycles. The average molecular weight is 350 g/mol. The van der Waals surface area contributed by atoms with Crippen molar-refractivity contribution in [2.24, 2.45) is 21.9 Å². The molecular weight excluding hydrogens is 330 g/mol. The molecule has 3 rings (SSSR count). The van der Waals surface area contributed by atoms with Crippen LogP contribution in [-0.2, 0) is 4.84 Å². The van der Waals surface area contributed by atoms with E-state index in [-0.39, 0.29) is 16.8 Å². The molecule has 0 amide bonds. The molecular formula is C17H20BrNO2. The summed E-state index contributed by atoms with van der Waals surface area (Å²) < 4.78 is 0.938. The third kappa shape index (κ3) is 2.24. The normalized spacial score (nSPS) is 31.6. The second-order valence-electron chi connectivity index (χ2n) is 6.92. The Bertz CT molecular complexity index is 606. The monoisotopic (exact) mass is 349 g/mol. The third-order valence-electron chi connectivity index (χ3n) is 5.83.